The van der Waals surface area contributed by atoms with Gasteiger partial charge in [-0.15, -0.1) is 0 Å². The number of hydrogen-bond donors (Lipinski definition) is 1. The fourth-order valence-electron chi connectivity index (χ4n) is 1.43. The van der Waals surface area contributed by atoms with E-state index in [-0.39, 0.29) is 23.8 Å². The van der Waals surface area contributed by atoms with Crippen molar-refractivity contribution < 1.29 is 19.1 Å². The van der Waals surface area contributed by atoms with Crippen LogP contribution in [0.1, 0.15) is 0 Å². The zero-order valence-electron chi connectivity index (χ0n) is 8.01. The largest absolute Gasteiger partial charge is 0.434 e. The molecule has 5 nitrogen and oxygen atoms in total. The fourth-order valence-corrected chi connectivity index (χ4v) is 1.43. The van der Waals surface area contributed by atoms with Gasteiger partial charge in [0, 0.05) is 13.1 Å². The second-order valence-electron chi connectivity index (χ2n) is 3.40. The molecular weight excluding hydrogens is 198 g/mol. The van der Waals surface area contributed by atoms with Gasteiger partial charge in [-0.2, -0.15) is 0 Å². The monoisotopic (exact) mass is 209 g/mol. The van der Waals surface area contributed by atoms with E-state index in [1.165, 1.54) is 12.5 Å². The Balaban J connectivity index is 1.70. The highest BCUT2D eigenvalue weighted by Crippen LogP contribution is 2.11. The van der Waals surface area contributed by atoms with Crippen molar-refractivity contribution in [1.29, 1.82) is 0 Å². The maximum atomic E-state index is 11.0. The third kappa shape index (κ3) is 2.24. The van der Waals surface area contributed by atoms with Crippen LogP contribution in [0.3, 0.4) is 0 Å². The molecule has 2 unspecified atom stereocenters. The van der Waals surface area contributed by atoms with Crippen LogP contribution >= 0.6 is 0 Å². The Morgan fingerprint density at radius 3 is 1.80 bits per heavy atom. The van der Waals surface area contributed by atoms with Gasteiger partial charge in [-0.1, -0.05) is 0 Å². The minimum absolute atomic E-state index is 0.244. The predicted molar refractivity (Wildman–Crippen MR) is 50.3 cm³/mol. The minimum Gasteiger partial charge on any atom is -0.434 e. The van der Waals surface area contributed by atoms with Gasteiger partial charge < -0.3 is 14.8 Å². The number of cyclic esters (lactones) is 2. The van der Waals surface area contributed by atoms with Crippen molar-refractivity contribution in [2.45, 2.75) is 0 Å². The van der Waals surface area contributed by atoms with Gasteiger partial charge in [-0.3, -0.25) is 9.59 Å². The van der Waals surface area contributed by atoms with Crippen LogP contribution in [-0.4, -0.2) is 25.0 Å². The van der Waals surface area contributed by atoms with Gasteiger partial charge >= 0.3 is 11.9 Å². The highest BCUT2D eigenvalue weighted by atomic mass is 16.5. The second kappa shape index (κ2) is 4.27. The lowest BCUT2D eigenvalue weighted by Gasteiger charge is -2.08. The SMILES string of the molecule is O=C1OC=CC1CNCC1C=COC1=O. The molecule has 5 heteroatoms. The molecule has 0 aliphatic carbocycles. The van der Waals surface area contributed by atoms with Crippen molar-refractivity contribution in [3.05, 3.63) is 24.7 Å². The Labute approximate surface area is 86.7 Å². The Hall–Kier alpha value is -1.62. The molecule has 2 aliphatic heterocycles. The standard InChI is InChI=1S/C10H11NO4/c12-9-7(1-3-14-9)5-11-6-8-2-4-15-10(8)13/h1-4,7-8,11H,5-6H2. The van der Waals surface area contributed by atoms with Crippen LogP contribution in [0, 0.1) is 11.8 Å². The van der Waals surface area contributed by atoms with E-state index in [2.05, 4.69) is 14.8 Å². The molecular formula is C10H11NO4. The quantitative estimate of drug-likeness (QED) is 0.657. The lowest BCUT2D eigenvalue weighted by Crippen LogP contribution is -2.31. The highest BCUT2D eigenvalue weighted by molar-refractivity contribution is 5.78. The van der Waals surface area contributed by atoms with Crippen LogP contribution in [-0.2, 0) is 19.1 Å². The third-order valence-electron chi connectivity index (χ3n) is 2.32. The molecule has 0 aromatic heterocycles. The smallest absolute Gasteiger partial charge is 0.319 e. The van der Waals surface area contributed by atoms with Gasteiger partial charge in [0.1, 0.15) is 0 Å². The summed E-state index contributed by atoms with van der Waals surface area (Å²) in [4.78, 5) is 22.1. The van der Waals surface area contributed by atoms with E-state index >= 15 is 0 Å². The first-order valence-corrected chi connectivity index (χ1v) is 4.72. The zero-order valence-corrected chi connectivity index (χ0v) is 8.01. The van der Waals surface area contributed by atoms with E-state index in [0.29, 0.717) is 13.1 Å². The molecule has 2 heterocycles. The number of ether oxygens (including phenoxy) is 2. The lowest BCUT2D eigenvalue weighted by atomic mass is 10.1. The van der Waals surface area contributed by atoms with Crippen LogP contribution in [0.4, 0.5) is 0 Å². The number of rotatable bonds is 4. The van der Waals surface area contributed by atoms with Crippen molar-refractivity contribution in [3.8, 4) is 0 Å². The number of esters is 2. The first-order valence-electron chi connectivity index (χ1n) is 4.72. The van der Waals surface area contributed by atoms with Gasteiger partial charge in [0.25, 0.3) is 0 Å². The number of carbonyl (C=O) groups is 2. The molecule has 0 saturated carbocycles. The van der Waals surface area contributed by atoms with Crippen LogP contribution < -0.4 is 5.32 Å². The van der Waals surface area contributed by atoms with Gasteiger partial charge in [0.15, 0.2) is 0 Å². The molecule has 1 N–H and O–H groups in total. The van der Waals surface area contributed by atoms with E-state index in [9.17, 15) is 9.59 Å². The number of hydrogen-bond acceptors (Lipinski definition) is 5. The van der Waals surface area contributed by atoms with Crippen molar-refractivity contribution in [2.75, 3.05) is 13.1 Å². The summed E-state index contributed by atoms with van der Waals surface area (Å²) < 4.78 is 9.29. The third-order valence-corrected chi connectivity index (χ3v) is 2.32. The van der Waals surface area contributed by atoms with Gasteiger partial charge in [0.05, 0.1) is 24.4 Å². The Bertz CT molecular complexity index is 302. The van der Waals surface area contributed by atoms with Crippen molar-refractivity contribution in [3.63, 3.8) is 0 Å². The zero-order chi connectivity index (χ0) is 10.7. The first-order chi connectivity index (χ1) is 7.27. The van der Waals surface area contributed by atoms with Crippen LogP contribution in [0.15, 0.2) is 24.7 Å². The maximum absolute atomic E-state index is 11.0. The Morgan fingerprint density at radius 1 is 1.00 bits per heavy atom. The van der Waals surface area contributed by atoms with Gasteiger partial charge in [-0.25, -0.2) is 0 Å². The molecule has 2 rings (SSSR count). The van der Waals surface area contributed by atoms with E-state index in [0.717, 1.165) is 0 Å². The molecule has 0 saturated heterocycles. The lowest BCUT2D eigenvalue weighted by molar-refractivity contribution is -0.139. The maximum Gasteiger partial charge on any atom is 0.319 e. The predicted octanol–water partition coefficient (Wildman–Crippen LogP) is -0.0506. The molecule has 0 radical (unpaired) electrons. The van der Waals surface area contributed by atoms with Crippen LogP contribution in [0.25, 0.3) is 0 Å². The molecule has 0 aromatic rings. The van der Waals surface area contributed by atoms with Gasteiger partial charge in [-0.05, 0) is 12.2 Å². The summed E-state index contributed by atoms with van der Waals surface area (Å²) in [6, 6.07) is 0. The van der Waals surface area contributed by atoms with Crippen molar-refractivity contribution >= 4 is 11.9 Å². The second-order valence-corrected chi connectivity index (χ2v) is 3.40. The molecule has 15 heavy (non-hydrogen) atoms. The van der Waals surface area contributed by atoms with Crippen molar-refractivity contribution in [1.82, 2.24) is 5.32 Å². The summed E-state index contributed by atoms with van der Waals surface area (Å²) in [6.07, 6.45) is 6.16. The highest BCUT2D eigenvalue weighted by Gasteiger charge is 2.24. The summed E-state index contributed by atoms with van der Waals surface area (Å²) in [5.41, 5.74) is 0. The Morgan fingerprint density at radius 2 is 1.47 bits per heavy atom. The topological polar surface area (TPSA) is 64.6 Å². The molecule has 2 aliphatic rings. The summed E-state index contributed by atoms with van der Waals surface area (Å²) in [6.45, 7) is 0.958. The average molecular weight is 209 g/mol. The molecule has 0 aromatic carbocycles. The first kappa shape index (κ1) is 9.92. The van der Waals surface area contributed by atoms with Crippen molar-refractivity contribution in [2.24, 2.45) is 11.8 Å². The summed E-state index contributed by atoms with van der Waals surface area (Å²) >= 11 is 0. The normalized spacial score (nSPS) is 28.3. The van der Waals surface area contributed by atoms with Crippen LogP contribution in [0.5, 0.6) is 0 Å². The molecule has 0 fully saturated rings. The Kier molecular flexibility index (Phi) is 2.82. The summed E-state index contributed by atoms with van der Waals surface area (Å²) in [5, 5.41) is 3.03. The van der Waals surface area contributed by atoms with E-state index < -0.39 is 0 Å². The fraction of sp³-hybridized carbons (Fsp3) is 0.400. The average Bonchev–Trinajstić information content (AvgIpc) is 2.78. The number of nitrogens with one attached hydrogen (secondary N) is 1. The van der Waals surface area contributed by atoms with E-state index in [4.69, 9.17) is 0 Å². The minimum atomic E-state index is -0.257. The van der Waals surface area contributed by atoms with E-state index in [1.54, 1.807) is 12.2 Å². The molecule has 0 bridgehead atoms. The molecule has 0 amide bonds. The van der Waals surface area contributed by atoms with Crippen LogP contribution in [0.2, 0.25) is 0 Å². The number of carbonyl (C=O) groups excluding carboxylic acids is 2. The molecule has 2 atom stereocenters. The summed E-state index contributed by atoms with van der Waals surface area (Å²) in [5.74, 6) is -1.00. The van der Waals surface area contributed by atoms with Gasteiger partial charge in [0.2, 0.25) is 0 Å². The molecule has 0 spiro atoms. The summed E-state index contributed by atoms with van der Waals surface area (Å²) in [7, 11) is 0. The van der Waals surface area contributed by atoms with E-state index in [1.807, 2.05) is 0 Å². The molecule has 80 valence electrons.